The van der Waals surface area contributed by atoms with Crippen LogP contribution >= 0.6 is 47.0 Å². The molecule has 146 valence electrons. The molecule has 0 amide bonds. The Morgan fingerprint density at radius 3 is 2.68 bits per heavy atom. The molecule has 0 aliphatic rings. The number of benzene rings is 2. The minimum absolute atomic E-state index is 0.307. The van der Waals surface area contributed by atoms with Crippen molar-refractivity contribution in [3.8, 4) is 22.9 Å². The fourth-order valence-corrected chi connectivity index (χ4v) is 3.41. The van der Waals surface area contributed by atoms with Crippen LogP contribution in [0, 0.1) is 4.77 Å². The third kappa shape index (κ3) is 4.33. The van der Waals surface area contributed by atoms with E-state index in [1.807, 2.05) is 6.92 Å². The van der Waals surface area contributed by atoms with Crippen molar-refractivity contribution < 1.29 is 9.47 Å². The van der Waals surface area contributed by atoms with Crippen LogP contribution in [0.3, 0.4) is 0 Å². The normalized spacial score (nSPS) is 11.2. The third-order valence-electron chi connectivity index (χ3n) is 3.69. The number of rotatable bonds is 6. The molecule has 28 heavy (non-hydrogen) atoms. The topological polar surface area (TPSA) is 64.4 Å². The first-order valence-electron chi connectivity index (χ1n) is 8.12. The quantitative estimate of drug-likeness (QED) is 0.372. The van der Waals surface area contributed by atoms with Crippen molar-refractivity contribution in [2.75, 3.05) is 13.7 Å². The number of nitrogens with one attached hydrogen (secondary N) is 1. The van der Waals surface area contributed by atoms with Crippen molar-refractivity contribution in [1.82, 2.24) is 14.9 Å². The number of ether oxygens (including phenoxy) is 2. The van der Waals surface area contributed by atoms with Gasteiger partial charge in [-0.2, -0.15) is 14.9 Å². The Morgan fingerprint density at radius 1 is 1.21 bits per heavy atom. The van der Waals surface area contributed by atoms with E-state index in [1.54, 1.807) is 43.7 Å². The van der Waals surface area contributed by atoms with E-state index in [0.29, 0.717) is 54.9 Å². The van der Waals surface area contributed by atoms with E-state index in [4.69, 9.17) is 56.5 Å². The van der Waals surface area contributed by atoms with Crippen molar-refractivity contribution in [2.24, 2.45) is 5.10 Å². The zero-order valence-electron chi connectivity index (χ0n) is 14.9. The predicted molar refractivity (Wildman–Crippen MR) is 115 cm³/mol. The molecule has 0 saturated carbocycles. The number of hydrogen-bond donors (Lipinski definition) is 1. The van der Waals surface area contributed by atoms with Gasteiger partial charge in [-0.25, -0.2) is 5.10 Å². The average Bonchev–Trinajstić information content (AvgIpc) is 3.02. The first kappa shape index (κ1) is 20.7. The maximum absolute atomic E-state index is 6.30. The Balaban J connectivity index is 2.01. The van der Waals surface area contributed by atoms with Crippen molar-refractivity contribution >= 4 is 53.2 Å². The third-order valence-corrected chi connectivity index (χ3v) is 4.78. The summed E-state index contributed by atoms with van der Waals surface area (Å²) in [6, 6.07) is 8.57. The van der Waals surface area contributed by atoms with Gasteiger partial charge in [0.1, 0.15) is 0 Å². The Morgan fingerprint density at radius 2 is 2.00 bits per heavy atom. The predicted octanol–water partition coefficient (Wildman–Crippen LogP) is 5.86. The molecule has 3 aromatic rings. The van der Waals surface area contributed by atoms with Crippen LogP contribution in [0.2, 0.25) is 15.1 Å². The van der Waals surface area contributed by atoms with Crippen molar-refractivity contribution in [3.05, 3.63) is 55.7 Å². The highest BCUT2D eigenvalue weighted by molar-refractivity contribution is 7.71. The minimum Gasteiger partial charge on any atom is -0.493 e. The molecule has 0 saturated heterocycles. The van der Waals surface area contributed by atoms with Crippen LogP contribution in [0.25, 0.3) is 11.4 Å². The lowest BCUT2D eigenvalue weighted by atomic mass is 10.2. The van der Waals surface area contributed by atoms with Gasteiger partial charge in [0.15, 0.2) is 17.3 Å². The monoisotopic (exact) mass is 456 g/mol. The van der Waals surface area contributed by atoms with Gasteiger partial charge >= 0.3 is 0 Å². The first-order chi connectivity index (χ1) is 13.4. The molecule has 2 aromatic carbocycles. The molecule has 0 unspecified atom stereocenters. The van der Waals surface area contributed by atoms with Gasteiger partial charge in [0.2, 0.25) is 4.77 Å². The number of hydrogen-bond acceptors (Lipinski definition) is 5. The van der Waals surface area contributed by atoms with Crippen molar-refractivity contribution in [3.63, 3.8) is 0 Å². The molecule has 3 rings (SSSR count). The highest BCUT2D eigenvalue weighted by atomic mass is 35.5. The molecule has 0 spiro atoms. The summed E-state index contributed by atoms with van der Waals surface area (Å²) in [4.78, 5) is 0. The van der Waals surface area contributed by atoms with Crippen LogP contribution in [0.5, 0.6) is 11.5 Å². The van der Waals surface area contributed by atoms with E-state index >= 15 is 0 Å². The maximum Gasteiger partial charge on any atom is 0.216 e. The molecule has 1 heterocycles. The van der Waals surface area contributed by atoms with Crippen LogP contribution in [-0.2, 0) is 0 Å². The van der Waals surface area contributed by atoms with Gasteiger partial charge in [0, 0.05) is 10.6 Å². The standard InChI is InChI=1S/C18H15Cl3N4O2S/c1-3-27-16-14(21)6-10(7-15(16)26-2)9-22-25-17(23-24-18(25)28)12-5-4-11(19)8-13(12)20/h4-9H,3H2,1-2H3,(H,24,28)/b22-9+. The maximum atomic E-state index is 6.30. The van der Waals surface area contributed by atoms with Gasteiger partial charge in [-0.05, 0) is 55.0 Å². The molecule has 0 fully saturated rings. The summed E-state index contributed by atoms with van der Waals surface area (Å²) in [5.41, 5.74) is 1.33. The fraction of sp³-hybridized carbons (Fsp3) is 0.167. The van der Waals surface area contributed by atoms with Crippen LogP contribution in [-0.4, -0.2) is 34.8 Å². The summed E-state index contributed by atoms with van der Waals surface area (Å²) in [5.74, 6) is 1.44. The Kier molecular flexibility index (Phi) is 6.61. The fourth-order valence-electron chi connectivity index (χ4n) is 2.47. The molecule has 1 aromatic heterocycles. The number of aromatic amines is 1. The number of aromatic nitrogens is 3. The van der Waals surface area contributed by atoms with E-state index in [9.17, 15) is 0 Å². The lowest BCUT2D eigenvalue weighted by Gasteiger charge is -2.11. The second-order valence-electron chi connectivity index (χ2n) is 5.50. The zero-order chi connectivity index (χ0) is 20.3. The largest absolute Gasteiger partial charge is 0.493 e. The number of halogens is 3. The SMILES string of the molecule is CCOc1c(Cl)cc(/C=N/n2c(-c3ccc(Cl)cc3Cl)n[nH]c2=S)cc1OC. The van der Waals surface area contributed by atoms with Gasteiger partial charge < -0.3 is 9.47 Å². The summed E-state index contributed by atoms with van der Waals surface area (Å²) >= 11 is 23.8. The molecule has 0 aliphatic carbocycles. The summed E-state index contributed by atoms with van der Waals surface area (Å²) in [6.07, 6.45) is 1.59. The van der Waals surface area contributed by atoms with Gasteiger partial charge in [0.25, 0.3) is 0 Å². The molecule has 10 heteroatoms. The smallest absolute Gasteiger partial charge is 0.216 e. The Bertz CT molecular complexity index is 1090. The molecule has 0 atom stereocenters. The van der Waals surface area contributed by atoms with E-state index in [0.717, 1.165) is 0 Å². The molecular formula is C18H15Cl3N4O2S. The highest BCUT2D eigenvalue weighted by Gasteiger charge is 2.13. The number of H-pyrrole nitrogens is 1. The van der Waals surface area contributed by atoms with E-state index in [2.05, 4.69) is 15.3 Å². The van der Waals surface area contributed by atoms with Crippen LogP contribution in [0.1, 0.15) is 12.5 Å². The van der Waals surface area contributed by atoms with Crippen LogP contribution in [0.15, 0.2) is 35.4 Å². The van der Waals surface area contributed by atoms with Crippen molar-refractivity contribution in [1.29, 1.82) is 0 Å². The Labute approximate surface area is 181 Å². The summed E-state index contributed by atoms with van der Waals surface area (Å²) in [5, 5.41) is 12.7. The van der Waals surface area contributed by atoms with E-state index in [1.165, 1.54) is 4.68 Å². The molecule has 1 N–H and O–H groups in total. The lowest BCUT2D eigenvalue weighted by molar-refractivity contribution is 0.311. The molecule has 0 aliphatic heterocycles. The molecular weight excluding hydrogens is 443 g/mol. The lowest BCUT2D eigenvalue weighted by Crippen LogP contribution is -1.99. The Hall–Kier alpha value is -2.06. The second-order valence-corrected chi connectivity index (χ2v) is 7.14. The van der Waals surface area contributed by atoms with E-state index < -0.39 is 0 Å². The van der Waals surface area contributed by atoms with Gasteiger partial charge in [-0.1, -0.05) is 34.8 Å². The highest BCUT2D eigenvalue weighted by Crippen LogP contribution is 2.36. The number of methoxy groups -OCH3 is 1. The summed E-state index contributed by atoms with van der Waals surface area (Å²) in [7, 11) is 1.54. The van der Waals surface area contributed by atoms with Crippen LogP contribution in [0.4, 0.5) is 0 Å². The second kappa shape index (κ2) is 8.96. The summed E-state index contributed by atoms with van der Waals surface area (Å²) < 4.78 is 12.6. The molecule has 6 nitrogen and oxygen atoms in total. The molecule has 0 bridgehead atoms. The minimum atomic E-state index is 0.307. The van der Waals surface area contributed by atoms with E-state index in [-0.39, 0.29) is 0 Å². The van der Waals surface area contributed by atoms with Crippen molar-refractivity contribution in [2.45, 2.75) is 6.92 Å². The zero-order valence-corrected chi connectivity index (χ0v) is 18.0. The average molecular weight is 458 g/mol. The first-order valence-corrected chi connectivity index (χ1v) is 9.66. The molecule has 0 radical (unpaired) electrons. The number of nitrogens with zero attached hydrogens (tertiary/aromatic N) is 3. The van der Waals surface area contributed by atoms with Crippen LogP contribution < -0.4 is 9.47 Å². The summed E-state index contributed by atoms with van der Waals surface area (Å²) in [6.45, 7) is 2.34. The van der Waals surface area contributed by atoms with Gasteiger partial charge in [0.05, 0.1) is 30.0 Å². The van der Waals surface area contributed by atoms with Gasteiger partial charge in [-0.3, -0.25) is 0 Å². The van der Waals surface area contributed by atoms with Gasteiger partial charge in [-0.15, -0.1) is 0 Å².